The Kier molecular flexibility index (Phi) is 8.96. The molecule has 2 aromatic heterocycles. The zero-order valence-electron chi connectivity index (χ0n) is 22.5. The number of benzene rings is 4. The lowest BCUT2D eigenvalue weighted by Crippen LogP contribution is -2.07. The largest absolute Gasteiger partial charge is 0.480 e. The number of para-hydroxylation sites is 2. The number of aliphatic hydroxyl groups is 1. The average molecular weight is 571 g/mol. The van der Waals surface area contributed by atoms with Crippen LogP contribution < -0.4 is 0 Å². The second-order valence-corrected chi connectivity index (χ2v) is 9.54. The molecule has 0 saturated heterocycles. The molecule has 8 nitrogen and oxygen atoms in total. The molecule has 6 aromatic rings. The van der Waals surface area contributed by atoms with Crippen LogP contribution in [0.25, 0.3) is 21.8 Å². The summed E-state index contributed by atoms with van der Waals surface area (Å²) < 4.78 is 34.7. The van der Waals surface area contributed by atoms with E-state index in [-0.39, 0.29) is 31.5 Å². The molecule has 10 heteroatoms. The topological polar surface area (TPSA) is 102 Å². The molecule has 0 aliphatic heterocycles. The van der Waals surface area contributed by atoms with Crippen molar-refractivity contribution in [3.05, 3.63) is 131 Å². The molecule has 0 radical (unpaired) electrons. The Bertz CT molecular complexity index is 1800. The lowest BCUT2D eigenvalue weighted by Gasteiger charge is -2.03. The SMILES string of the molecule is O=C(O)COCc1nn(Cc2ccc(F)cc2)c2ccccc12.OCc1nn(Cc2ccc(F)cc2)c2ccccc12. The molecule has 0 atom stereocenters. The fraction of sp³-hybridized carbons (Fsp3) is 0.156. The van der Waals surface area contributed by atoms with Crippen LogP contribution in [0.1, 0.15) is 22.5 Å². The molecule has 42 heavy (non-hydrogen) atoms. The standard InChI is InChI=1S/C17H15FN2O3.C15H13FN2O/c18-13-7-5-12(6-8-13)9-20-16-4-2-1-3-14(16)15(19-20)10-23-11-17(21)22;16-12-7-5-11(6-8-12)9-18-15-4-2-1-3-13(15)14(10-19)17-18/h1-8H,9-11H2,(H,21,22);1-8,19H,9-10H2. The molecule has 2 heterocycles. The molecule has 0 unspecified atom stereocenters. The molecule has 0 fully saturated rings. The van der Waals surface area contributed by atoms with Crippen molar-refractivity contribution in [2.75, 3.05) is 6.61 Å². The normalized spacial score (nSPS) is 11.0. The van der Waals surface area contributed by atoms with Gasteiger partial charge in [0, 0.05) is 10.8 Å². The molecule has 0 amide bonds. The molecule has 0 saturated carbocycles. The van der Waals surface area contributed by atoms with Gasteiger partial charge in [0.25, 0.3) is 0 Å². The Balaban J connectivity index is 0.000000171. The lowest BCUT2D eigenvalue weighted by molar-refractivity contribution is -0.142. The van der Waals surface area contributed by atoms with Gasteiger partial charge in [-0.15, -0.1) is 0 Å². The number of halogens is 2. The molecular weight excluding hydrogens is 542 g/mol. The third-order valence-corrected chi connectivity index (χ3v) is 6.57. The number of rotatable bonds is 9. The van der Waals surface area contributed by atoms with E-state index in [1.807, 2.05) is 57.9 Å². The monoisotopic (exact) mass is 570 g/mol. The Morgan fingerprint density at radius 3 is 1.62 bits per heavy atom. The van der Waals surface area contributed by atoms with E-state index in [0.717, 1.165) is 32.9 Å². The van der Waals surface area contributed by atoms with Crippen LogP contribution in [0.3, 0.4) is 0 Å². The van der Waals surface area contributed by atoms with Gasteiger partial charge in [0.15, 0.2) is 0 Å². The predicted molar refractivity (Wildman–Crippen MR) is 154 cm³/mol. The molecule has 2 N–H and O–H groups in total. The summed E-state index contributed by atoms with van der Waals surface area (Å²) in [5.41, 5.74) is 5.14. The van der Waals surface area contributed by atoms with Crippen LogP contribution >= 0.6 is 0 Å². The minimum atomic E-state index is -1.01. The van der Waals surface area contributed by atoms with Gasteiger partial charge in [-0.3, -0.25) is 9.36 Å². The number of hydrogen-bond acceptors (Lipinski definition) is 5. The maximum Gasteiger partial charge on any atom is 0.329 e. The van der Waals surface area contributed by atoms with E-state index in [9.17, 15) is 18.7 Å². The van der Waals surface area contributed by atoms with Crippen LogP contribution in [0.4, 0.5) is 8.78 Å². The maximum absolute atomic E-state index is 13.0. The minimum absolute atomic E-state index is 0.0864. The van der Waals surface area contributed by atoms with E-state index in [4.69, 9.17) is 9.84 Å². The number of carboxylic acids is 1. The molecule has 6 rings (SSSR count). The van der Waals surface area contributed by atoms with Gasteiger partial charge in [-0.05, 0) is 47.5 Å². The summed E-state index contributed by atoms with van der Waals surface area (Å²) >= 11 is 0. The molecule has 0 spiro atoms. The number of aliphatic carboxylic acids is 1. The zero-order valence-corrected chi connectivity index (χ0v) is 22.5. The van der Waals surface area contributed by atoms with Gasteiger partial charge in [0.05, 0.1) is 48.7 Å². The van der Waals surface area contributed by atoms with E-state index in [2.05, 4.69) is 10.2 Å². The Labute approximate surface area is 240 Å². The second kappa shape index (κ2) is 13.2. The van der Waals surface area contributed by atoms with Gasteiger partial charge in [0.1, 0.15) is 18.2 Å². The van der Waals surface area contributed by atoms with Crippen LogP contribution in [0.5, 0.6) is 0 Å². The highest BCUT2D eigenvalue weighted by Gasteiger charge is 2.12. The highest BCUT2D eigenvalue weighted by Crippen LogP contribution is 2.21. The first kappa shape index (κ1) is 28.6. The van der Waals surface area contributed by atoms with Gasteiger partial charge in [-0.1, -0.05) is 60.7 Å². The van der Waals surface area contributed by atoms with Crippen molar-refractivity contribution in [1.82, 2.24) is 19.6 Å². The van der Waals surface area contributed by atoms with Crippen LogP contribution in [0.2, 0.25) is 0 Å². The Morgan fingerprint density at radius 1 is 0.690 bits per heavy atom. The van der Waals surface area contributed by atoms with Crippen molar-refractivity contribution in [3.8, 4) is 0 Å². The average Bonchev–Trinajstić information content (AvgIpc) is 3.53. The minimum Gasteiger partial charge on any atom is -0.480 e. The van der Waals surface area contributed by atoms with E-state index >= 15 is 0 Å². The summed E-state index contributed by atoms with van der Waals surface area (Å²) in [6.45, 7) is 0.736. The summed E-state index contributed by atoms with van der Waals surface area (Å²) in [6, 6.07) is 28.0. The quantitative estimate of drug-likeness (QED) is 0.237. The first-order valence-electron chi connectivity index (χ1n) is 13.2. The van der Waals surface area contributed by atoms with Crippen molar-refractivity contribution in [1.29, 1.82) is 0 Å². The maximum atomic E-state index is 13.0. The molecule has 214 valence electrons. The highest BCUT2D eigenvalue weighted by molar-refractivity contribution is 5.82. The number of carboxylic acid groups (broad SMARTS) is 1. The van der Waals surface area contributed by atoms with Crippen molar-refractivity contribution in [3.63, 3.8) is 0 Å². The first-order chi connectivity index (χ1) is 20.4. The number of ether oxygens (including phenoxy) is 1. The van der Waals surface area contributed by atoms with E-state index in [0.29, 0.717) is 24.5 Å². The zero-order chi connectivity index (χ0) is 29.5. The summed E-state index contributed by atoms with van der Waals surface area (Å²) in [5.74, 6) is -1.54. The number of aromatic nitrogens is 4. The third kappa shape index (κ3) is 6.85. The van der Waals surface area contributed by atoms with Gasteiger partial charge < -0.3 is 14.9 Å². The number of fused-ring (bicyclic) bond motifs is 2. The molecule has 0 aliphatic rings. The molecule has 4 aromatic carbocycles. The summed E-state index contributed by atoms with van der Waals surface area (Å²) in [4.78, 5) is 10.5. The van der Waals surface area contributed by atoms with E-state index in [1.54, 1.807) is 24.3 Å². The summed E-state index contributed by atoms with van der Waals surface area (Å²) in [7, 11) is 0. The fourth-order valence-corrected chi connectivity index (χ4v) is 4.62. The smallest absolute Gasteiger partial charge is 0.329 e. The number of carbonyl (C=O) groups is 1. The predicted octanol–water partition coefficient (Wildman–Crippen LogP) is 5.54. The van der Waals surface area contributed by atoms with Gasteiger partial charge >= 0.3 is 5.97 Å². The van der Waals surface area contributed by atoms with Crippen LogP contribution in [0, 0.1) is 11.6 Å². The third-order valence-electron chi connectivity index (χ3n) is 6.57. The lowest BCUT2D eigenvalue weighted by atomic mass is 10.2. The van der Waals surface area contributed by atoms with Gasteiger partial charge in [0.2, 0.25) is 0 Å². The summed E-state index contributed by atoms with van der Waals surface area (Å²) in [6.07, 6.45) is 0. The molecule has 0 aliphatic carbocycles. The van der Waals surface area contributed by atoms with Crippen molar-refractivity contribution < 1.29 is 28.5 Å². The van der Waals surface area contributed by atoms with Crippen LogP contribution in [-0.2, 0) is 35.8 Å². The molecular formula is C32H28F2N4O4. The summed E-state index contributed by atoms with van der Waals surface area (Å²) in [5, 5.41) is 28.7. The van der Waals surface area contributed by atoms with Crippen LogP contribution in [0.15, 0.2) is 97.1 Å². The van der Waals surface area contributed by atoms with Gasteiger partial charge in [-0.2, -0.15) is 10.2 Å². The fourth-order valence-electron chi connectivity index (χ4n) is 4.62. The van der Waals surface area contributed by atoms with Crippen molar-refractivity contribution >= 4 is 27.8 Å². The van der Waals surface area contributed by atoms with E-state index < -0.39 is 5.97 Å². The Morgan fingerprint density at radius 2 is 1.14 bits per heavy atom. The van der Waals surface area contributed by atoms with Crippen molar-refractivity contribution in [2.24, 2.45) is 0 Å². The number of hydrogen-bond donors (Lipinski definition) is 2. The highest BCUT2D eigenvalue weighted by atomic mass is 19.1. The van der Waals surface area contributed by atoms with E-state index in [1.165, 1.54) is 24.3 Å². The second-order valence-electron chi connectivity index (χ2n) is 9.54. The number of aliphatic hydroxyl groups excluding tert-OH is 1. The van der Waals surface area contributed by atoms with Crippen LogP contribution in [-0.4, -0.2) is 42.4 Å². The number of nitrogens with zero attached hydrogens (tertiary/aromatic N) is 4. The first-order valence-corrected chi connectivity index (χ1v) is 13.2. The van der Waals surface area contributed by atoms with Gasteiger partial charge in [-0.25, -0.2) is 13.6 Å². The van der Waals surface area contributed by atoms with Crippen molar-refractivity contribution in [2.45, 2.75) is 26.3 Å². The Hall–Kier alpha value is -4.93. The molecule has 0 bridgehead atoms.